The average molecular weight is 301 g/mol. The van der Waals surface area contributed by atoms with Crippen LogP contribution in [0.5, 0.6) is 0 Å². The Morgan fingerprint density at radius 1 is 0.591 bits per heavy atom. The molecule has 106 valence electrons. The van der Waals surface area contributed by atoms with Gasteiger partial charge in [0.25, 0.3) is 5.40 Å². The molecule has 0 saturated carbocycles. The lowest BCUT2D eigenvalue weighted by molar-refractivity contribution is 1.68. The molecule has 0 unspecified atom stereocenters. The normalized spacial score (nSPS) is 10.6. The molecule has 3 aromatic rings. The summed E-state index contributed by atoms with van der Waals surface area (Å²) in [6.07, 6.45) is -1.47. The van der Waals surface area contributed by atoms with Crippen LogP contribution in [0, 0.1) is 5.40 Å². The van der Waals surface area contributed by atoms with Crippen LogP contribution in [-0.4, -0.2) is 6.28 Å². The molecule has 3 rings (SSSR count). The maximum Gasteiger partial charge on any atom is 0.480 e. The van der Waals surface area contributed by atoms with E-state index >= 15 is 0 Å². The Labute approximate surface area is 136 Å². The Morgan fingerprint density at radius 2 is 0.909 bits per heavy atom. The monoisotopic (exact) mass is 301 g/mol. The quantitative estimate of drug-likeness (QED) is 0.431. The molecule has 0 radical (unpaired) electrons. The molecule has 0 amide bonds. The van der Waals surface area contributed by atoms with Gasteiger partial charge in [-0.2, -0.15) is 0 Å². The van der Waals surface area contributed by atoms with Crippen molar-refractivity contribution in [3.05, 3.63) is 95.8 Å². The number of thiol groups is 1. The number of benzene rings is 3. The van der Waals surface area contributed by atoms with Gasteiger partial charge in [0.05, 0.1) is 0 Å². The predicted octanol–water partition coefficient (Wildman–Crippen LogP) is 2.87. The van der Waals surface area contributed by atoms with E-state index in [4.69, 9.17) is 4.76 Å². The van der Waals surface area contributed by atoms with Crippen LogP contribution in [0.3, 0.4) is 0 Å². The van der Waals surface area contributed by atoms with E-state index in [2.05, 4.69) is 54.4 Å². The van der Waals surface area contributed by atoms with Crippen molar-refractivity contribution in [2.75, 3.05) is 0 Å². The number of rotatable bonds is 3. The van der Waals surface area contributed by atoms with Crippen LogP contribution in [0.4, 0.5) is 0 Å². The molecule has 0 aliphatic heterocycles. The largest absolute Gasteiger partial charge is 0.480 e. The van der Waals surface area contributed by atoms with E-state index < -0.39 is 6.28 Å². The summed E-state index contributed by atoms with van der Waals surface area (Å²) in [5.41, 5.74) is 3.46. The maximum atomic E-state index is 4.74. The summed E-state index contributed by atoms with van der Waals surface area (Å²) in [6.45, 7) is 0. The van der Waals surface area contributed by atoms with Gasteiger partial charge in [0.2, 0.25) is 0 Å². The van der Waals surface area contributed by atoms with Crippen LogP contribution in [-0.2, 0) is 0 Å². The molecule has 0 bridgehead atoms. The first kappa shape index (κ1) is 14.5. The fraction of sp³-hybridized carbons (Fsp3) is 0. The number of hydrogen-bond acceptors (Lipinski definition) is 1. The van der Waals surface area contributed by atoms with Crippen LogP contribution in [0.2, 0.25) is 0 Å². The Bertz CT molecular complexity index is 696. The van der Waals surface area contributed by atoms with E-state index in [1.165, 1.54) is 0 Å². The zero-order valence-corrected chi connectivity index (χ0v) is 13.0. The van der Waals surface area contributed by atoms with Crippen LogP contribution >= 0.6 is 12.6 Å². The molecule has 3 heteroatoms. The highest BCUT2D eigenvalue weighted by atomic mass is 32.1. The first-order valence-corrected chi connectivity index (χ1v) is 7.75. The minimum absolute atomic E-state index is 1.15. The van der Waals surface area contributed by atoms with Crippen LogP contribution in [0.15, 0.2) is 91.0 Å². The minimum Gasteiger partial charge on any atom is -0.324 e. The van der Waals surface area contributed by atoms with Crippen LogP contribution in [0.25, 0.3) is 4.76 Å². The zero-order chi connectivity index (χ0) is 15.3. The van der Waals surface area contributed by atoms with Gasteiger partial charge in [-0.1, -0.05) is 91.0 Å². The third-order valence-corrected chi connectivity index (χ3v) is 4.21. The van der Waals surface area contributed by atoms with Crippen molar-refractivity contribution < 1.29 is 0 Å². The fourth-order valence-electron chi connectivity index (χ4n) is 3.08. The van der Waals surface area contributed by atoms with Crippen molar-refractivity contribution in [1.29, 1.82) is 0 Å². The molecule has 0 spiro atoms. The lowest BCUT2D eigenvalue weighted by Gasteiger charge is -2.25. The van der Waals surface area contributed by atoms with Crippen molar-refractivity contribution in [2.24, 2.45) is 0 Å². The van der Waals surface area contributed by atoms with Crippen molar-refractivity contribution in [3.8, 4) is 5.40 Å². The predicted molar refractivity (Wildman–Crippen MR) is 100 cm³/mol. The van der Waals surface area contributed by atoms with E-state index in [9.17, 15) is 0 Å². The molecular formula is C19H16BNS. The van der Waals surface area contributed by atoms with Crippen molar-refractivity contribution in [3.63, 3.8) is 0 Å². The van der Waals surface area contributed by atoms with Gasteiger partial charge in [-0.15, -0.1) is 16.4 Å². The molecule has 0 N–H and O–H groups in total. The Hall–Kier alpha value is -2.44. The SMILES string of the molecule is SC#[N+][B-](c1ccccc1)(c1ccccc1)c1ccccc1. The second kappa shape index (κ2) is 6.55. The summed E-state index contributed by atoms with van der Waals surface area (Å²) in [4.78, 5) is 0. The molecule has 0 aliphatic rings. The van der Waals surface area contributed by atoms with Gasteiger partial charge in [-0.05, 0) is 12.6 Å². The molecule has 0 atom stereocenters. The second-order valence-electron chi connectivity index (χ2n) is 5.28. The van der Waals surface area contributed by atoms with E-state index in [0.29, 0.717) is 0 Å². The van der Waals surface area contributed by atoms with Crippen molar-refractivity contribution >= 4 is 35.3 Å². The number of thiocyanates is 1. The molecular weight excluding hydrogens is 285 g/mol. The van der Waals surface area contributed by atoms with E-state index in [1.54, 1.807) is 0 Å². The summed E-state index contributed by atoms with van der Waals surface area (Å²) in [6, 6.07) is 31.1. The van der Waals surface area contributed by atoms with Gasteiger partial charge in [0.1, 0.15) is 0 Å². The second-order valence-corrected chi connectivity index (χ2v) is 5.48. The summed E-state index contributed by atoms with van der Waals surface area (Å²) in [7, 11) is 0. The highest BCUT2D eigenvalue weighted by Crippen LogP contribution is 2.09. The summed E-state index contributed by atoms with van der Waals surface area (Å²) in [5, 5.41) is 2.75. The van der Waals surface area contributed by atoms with Gasteiger partial charge in [-0.25, -0.2) is 0 Å². The molecule has 0 aliphatic carbocycles. The maximum absolute atomic E-state index is 4.74. The van der Waals surface area contributed by atoms with E-state index in [-0.39, 0.29) is 0 Å². The standard InChI is InChI=1S/C19H16BNS/c22-16-21-20(17-10-4-1-5-11-17,18-12-6-2-7-13-18)19-14-8-3-9-15-19/h1-15,22H. The first-order valence-electron chi connectivity index (χ1n) is 7.30. The molecule has 1 nitrogen and oxygen atoms in total. The minimum atomic E-state index is -1.47. The third kappa shape index (κ3) is 2.54. The van der Waals surface area contributed by atoms with Gasteiger partial charge in [0.15, 0.2) is 0 Å². The Kier molecular flexibility index (Phi) is 4.32. The summed E-state index contributed by atoms with van der Waals surface area (Å²) >= 11 is 4.16. The average Bonchev–Trinajstić information content (AvgIpc) is 2.62. The van der Waals surface area contributed by atoms with Gasteiger partial charge >= 0.3 is 6.28 Å². The Morgan fingerprint density at radius 3 is 1.18 bits per heavy atom. The van der Waals surface area contributed by atoms with Crippen molar-refractivity contribution in [2.45, 2.75) is 0 Å². The van der Waals surface area contributed by atoms with Gasteiger partial charge in [0, 0.05) is 0 Å². The lowest BCUT2D eigenvalue weighted by Crippen LogP contribution is -2.64. The topological polar surface area (TPSA) is 4.36 Å². The highest BCUT2D eigenvalue weighted by molar-refractivity contribution is 7.85. The molecule has 0 aromatic heterocycles. The smallest absolute Gasteiger partial charge is 0.324 e. The van der Waals surface area contributed by atoms with Gasteiger partial charge in [-0.3, -0.25) is 0 Å². The molecule has 0 heterocycles. The molecule has 0 saturated heterocycles. The number of hydrogen-bond donors (Lipinski definition) is 1. The van der Waals surface area contributed by atoms with Crippen molar-refractivity contribution in [1.82, 2.24) is 0 Å². The third-order valence-electron chi connectivity index (χ3n) is 4.10. The highest BCUT2D eigenvalue weighted by Gasteiger charge is 2.44. The summed E-state index contributed by atoms with van der Waals surface area (Å²) < 4.78 is 4.74. The Balaban J connectivity index is 2.36. The lowest BCUT2D eigenvalue weighted by atomic mass is 9.25. The van der Waals surface area contributed by atoms with Crippen LogP contribution in [0.1, 0.15) is 0 Å². The van der Waals surface area contributed by atoms with Gasteiger partial charge < -0.3 is 4.76 Å². The fourth-order valence-corrected chi connectivity index (χ4v) is 3.26. The van der Waals surface area contributed by atoms with E-state index in [1.807, 2.05) is 54.6 Å². The molecule has 0 fully saturated rings. The van der Waals surface area contributed by atoms with Crippen LogP contribution < -0.4 is 16.4 Å². The molecule has 3 aromatic carbocycles. The van der Waals surface area contributed by atoms with E-state index in [0.717, 1.165) is 16.4 Å². The number of nitrogens with zero attached hydrogens (tertiary/aromatic N) is 1. The first-order chi connectivity index (χ1) is 10.9. The molecule has 22 heavy (non-hydrogen) atoms. The zero-order valence-electron chi connectivity index (χ0n) is 12.1. The summed E-state index contributed by atoms with van der Waals surface area (Å²) in [5.74, 6) is 0.